The lowest BCUT2D eigenvalue weighted by Crippen LogP contribution is -2.30. The van der Waals surface area contributed by atoms with Gasteiger partial charge in [-0.3, -0.25) is 4.90 Å². The van der Waals surface area contributed by atoms with Crippen LogP contribution in [0.25, 0.3) is 0 Å². The van der Waals surface area contributed by atoms with E-state index in [1.807, 2.05) is 28.2 Å². The van der Waals surface area contributed by atoms with E-state index in [9.17, 15) is 13.2 Å². The lowest BCUT2D eigenvalue weighted by Gasteiger charge is -2.24. The van der Waals surface area contributed by atoms with Crippen LogP contribution in [-0.4, -0.2) is 91.2 Å². The van der Waals surface area contributed by atoms with Crippen molar-refractivity contribution in [1.29, 1.82) is 0 Å². The van der Waals surface area contributed by atoms with Gasteiger partial charge in [0.2, 0.25) is 0 Å². The Morgan fingerprint density at radius 2 is 1.33 bits per heavy atom. The number of carboxylic acid groups (broad SMARTS) is 2. The molecule has 10 heteroatoms. The number of carboxylic acids is 2. The van der Waals surface area contributed by atoms with Crippen molar-refractivity contribution >= 4 is 11.9 Å². The first-order valence-corrected chi connectivity index (χ1v) is 9.47. The largest absolute Gasteiger partial charge is 0.473 e. The molecule has 0 fully saturated rings. The average Bonchev–Trinajstić information content (AvgIpc) is 2.61. The minimum atomic E-state index is -4.28. The molecule has 172 valence electrons. The molecule has 0 saturated carbocycles. The van der Waals surface area contributed by atoms with Gasteiger partial charge < -0.3 is 20.0 Å². The first-order chi connectivity index (χ1) is 13.8. The number of benzene rings is 1. The third-order valence-electron chi connectivity index (χ3n) is 4.00. The molecule has 0 unspecified atom stereocenters. The molecular weight excluding hydrogens is 403 g/mol. The molecule has 0 radical (unpaired) electrons. The van der Waals surface area contributed by atoms with E-state index in [4.69, 9.17) is 19.8 Å². The van der Waals surface area contributed by atoms with Gasteiger partial charge in [0, 0.05) is 6.54 Å². The number of aliphatic carboxylic acids is 2. The van der Waals surface area contributed by atoms with Crippen LogP contribution in [0.5, 0.6) is 0 Å². The van der Waals surface area contributed by atoms with Crippen LogP contribution in [0.4, 0.5) is 13.2 Å². The summed E-state index contributed by atoms with van der Waals surface area (Å²) >= 11 is 0. The first-order valence-electron chi connectivity index (χ1n) is 9.47. The molecule has 0 aliphatic carbocycles. The van der Waals surface area contributed by atoms with Crippen LogP contribution in [0, 0.1) is 0 Å². The van der Waals surface area contributed by atoms with Gasteiger partial charge in [-0.15, -0.1) is 0 Å². The molecule has 0 aromatic heterocycles. The second-order valence-electron chi connectivity index (χ2n) is 7.40. The van der Waals surface area contributed by atoms with E-state index in [1.165, 1.54) is 12.1 Å². The second-order valence-corrected chi connectivity index (χ2v) is 7.40. The molecule has 0 aliphatic heterocycles. The summed E-state index contributed by atoms with van der Waals surface area (Å²) in [6.07, 6.45) is -2.27. The summed E-state index contributed by atoms with van der Waals surface area (Å²) in [6, 6.07) is 5.67. The van der Waals surface area contributed by atoms with Gasteiger partial charge in [0.15, 0.2) is 0 Å². The summed E-state index contributed by atoms with van der Waals surface area (Å²) in [6.45, 7) is 4.30. The fourth-order valence-electron chi connectivity index (χ4n) is 2.60. The van der Waals surface area contributed by atoms with Crippen LogP contribution in [0.15, 0.2) is 24.3 Å². The van der Waals surface area contributed by atoms with Gasteiger partial charge in [0.1, 0.15) is 0 Å². The van der Waals surface area contributed by atoms with Crippen LogP contribution in [-0.2, 0) is 22.3 Å². The van der Waals surface area contributed by atoms with E-state index in [0.29, 0.717) is 6.54 Å². The number of hydrogen-bond acceptors (Lipinski definition) is 5. The third-order valence-corrected chi connectivity index (χ3v) is 4.00. The van der Waals surface area contributed by atoms with E-state index >= 15 is 0 Å². The Morgan fingerprint density at radius 1 is 0.867 bits per heavy atom. The maximum absolute atomic E-state index is 12.9. The number of hydrogen-bond donors (Lipinski definition) is 2. The van der Waals surface area contributed by atoms with Gasteiger partial charge in [-0.25, -0.2) is 9.59 Å². The summed E-state index contributed by atoms with van der Waals surface area (Å²) in [5, 5.41) is 14.8. The Balaban J connectivity index is 0.00000122. The summed E-state index contributed by atoms with van der Waals surface area (Å²) < 4.78 is 38.6. The van der Waals surface area contributed by atoms with Gasteiger partial charge in [-0.1, -0.05) is 18.2 Å². The summed E-state index contributed by atoms with van der Waals surface area (Å²) in [5.74, 6) is -3.65. The molecule has 0 heterocycles. The van der Waals surface area contributed by atoms with E-state index < -0.39 is 23.7 Å². The van der Waals surface area contributed by atoms with Gasteiger partial charge in [0.25, 0.3) is 0 Å². The number of rotatable bonds is 10. The zero-order chi connectivity index (χ0) is 23.3. The molecule has 0 saturated heterocycles. The smallest absolute Gasteiger partial charge is 0.416 e. The molecule has 1 aromatic rings. The topological polar surface area (TPSA) is 84.3 Å². The van der Waals surface area contributed by atoms with E-state index in [1.54, 1.807) is 6.07 Å². The Hall–Kier alpha value is -2.17. The highest BCUT2D eigenvalue weighted by atomic mass is 19.4. The maximum Gasteiger partial charge on any atom is 0.416 e. The minimum absolute atomic E-state index is 0.560. The van der Waals surface area contributed by atoms with Crippen LogP contribution < -0.4 is 0 Å². The molecule has 0 bridgehead atoms. The Labute approximate surface area is 175 Å². The highest BCUT2D eigenvalue weighted by molar-refractivity contribution is 6.27. The molecular formula is C20H32F3N3O4. The molecule has 2 N–H and O–H groups in total. The van der Waals surface area contributed by atoms with Crippen molar-refractivity contribution in [1.82, 2.24) is 14.7 Å². The summed E-state index contributed by atoms with van der Waals surface area (Å²) in [7, 11) is 8.12. The van der Waals surface area contributed by atoms with Crippen molar-refractivity contribution < 1.29 is 33.0 Å². The van der Waals surface area contributed by atoms with Crippen LogP contribution in [0.2, 0.25) is 0 Å². The van der Waals surface area contributed by atoms with Crippen molar-refractivity contribution in [2.75, 3.05) is 54.4 Å². The predicted octanol–water partition coefficient (Wildman–Crippen LogP) is 2.57. The normalized spacial score (nSPS) is 11.5. The average molecular weight is 435 g/mol. The maximum atomic E-state index is 12.9. The van der Waals surface area contributed by atoms with Crippen molar-refractivity contribution in [3.63, 3.8) is 0 Å². The SMILES string of the molecule is CN(C)CCCN(CCCN(C)C)Cc1cccc(C(F)(F)F)c1.O=C(O)C(=O)O. The summed E-state index contributed by atoms with van der Waals surface area (Å²) in [5.41, 5.74) is 0.154. The van der Waals surface area contributed by atoms with Crippen LogP contribution in [0.1, 0.15) is 24.0 Å². The number of alkyl halides is 3. The first kappa shape index (κ1) is 27.8. The van der Waals surface area contributed by atoms with Crippen molar-refractivity contribution in [2.45, 2.75) is 25.6 Å². The monoisotopic (exact) mass is 435 g/mol. The van der Waals surface area contributed by atoms with Gasteiger partial charge >= 0.3 is 18.1 Å². The highest BCUT2D eigenvalue weighted by Crippen LogP contribution is 2.29. The zero-order valence-electron chi connectivity index (χ0n) is 17.9. The quantitative estimate of drug-likeness (QED) is 0.547. The van der Waals surface area contributed by atoms with E-state index in [0.717, 1.165) is 50.7 Å². The van der Waals surface area contributed by atoms with E-state index in [2.05, 4.69) is 14.7 Å². The lowest BCUT2D eigenvalue weighted by atomic mass is 10.1. The standard InChI is InChI=1S/C18H30F3N3.C2H2O4/c1-22(2)10-6-12-24(13-7-11-23(3)4)15-16-8-5-9-17(14-16)18(19,20)21;3-1(4)2(5)6/h5,8-9,14H,6-7,10-13,15H2,1-4H3;(H,3,4)(H,5,6). The fourth-order valence-corrected chi connectivity index (χ4v) is 2.60. The molecule has 0 amide bonds. The molecule has 7 nitrogen and oxygen atoms in total. The molecule has 0 atom stereocenters. The molecule has 0 aliphatic rings. The Kier molecular flexibility index (Phi) is 12.9. The fraction of sp³-hybridized carbons (Fsp3) is 0.600. The van der Waals surface area contributed by atoms with Crippen LogP contribution >= 0.6 is 0 Å². The Bertz CT molecular complexity index is 626. The third kappa shape index (κ3) is 13.9. The highest BCUT2D eigenvalue weighted by Gasteiger charge is 2.30. The predicted molar refractivity (Wildman–Crippen MR) is 108 cm³/mol. The van der Waals surface area contributed by atoms with Crippen molar-refractivity contribution in [3.8, 4) is 0 Å². The van der Waals surface area contributed by atoms with Gasteiger partial charge in [-0.05, 0) is 78.8 Å². The summed E-state index contributed by atoms with van der Waals surface area (Å²) in [4.78, 5) is 24.7. The van der Waals surface area contributed by atoms with Gasteiger partial charge in [0.05, 0.1) is 5.56 Å². The minimum Gasteiger partial charge on any atom is -0.473 e. The molecule has 30 heavy (non-hydrogen) atoms. The zero-order valence-corrected chi connectivity index (χ0v) is 17.9. The van der Waals surface area contributed by atoms with Crippen molar-refractivity contribution in [2.24, 2.45) is 0 Å². The molecule has 1 aromatic carbocycles. The van der Waals surface area contributed by atoms with Crippen LogP contribution in [0.3, 0.4) is 0 Å². The number of carbonyl (C=O) groups is 2. The Morgan fingerprint density at radius 3 is 1.70 bits per heavy atom. The van der Waals surface area contributed by atoms with Crippen molar-refractivity contribution in [3.05, 3.63) is 35.4 Å². The second kappa shape index (κ2) is 13.9. The number of halogens is 3. The lowest BCUT2D eigenvalue weighted by molar-refractivity contribution is -0.159. The van der Waals surface area contributed by atoms with Gasteiger partial charge in [-0.2, -0.15) is 13.2 Å². The van der Waals surface area contributed by atoms with E-state index in [-0.39, 0.29) is 0 Å². The molecule has 1 rings (SSSR count). The molecule has 0 spiro atoms. The number of nitrogens with zero attached hydrogens (tertiary/aromatic N) is 3.